The quantitative estimate of drug-likeness (QED) is 0.422. The molecule has 2 aliphatic heterocycles. The van der Waals surface area contributed by atoms with Crippen molar-refractivity contribution in [3.8, 4) is 6.01 Å². The molecular weight excluding hydrogens is 583 g/mol. The zero-order valence-corrected chi connectivity index (χ0v) is 24.3. The van der Waals surface area contributed by atoms with E-state index in [1.165, 1.54) is 0 Å². The second-order valence-electron chi connectivity index (χ2n) is 11.5. The van der Waals surface area contributed by atoms with Gasteiger partial charge in [0.25, 0.3) is 10.1 Å². The average molecular weight is 616 g/mol. The Labute approximate surface area is 230 Å². The van der Waals surface area contributed by atoms with Crippen molar-refractivity contribution in [2.45, 2.75) is 64.1 Å². The third kappa shape index (κ3) is 5.84. The highest BCUT2D eigenvalue weighted by molar-refractivity contribution is 9.10. The third-order valence-corrected chi connectivity index (χ3v) is 8.31. The summed E-state index contributed by atoms with van der Waals surface area (Å²) in [6.07, 6.45) is 3.88. The van der Waals surface area contributed by atoms with Crippen molar-refractivity contribution in [3.63, 3.8) is 0 Å². The molecule has 10 nitrogen and oxygen atoms in total. The van der Waals surface area contributed by atoms with Gasteiger partial charge in [-0.2, -0.15) is 18.4 Å². The molecule has 2 aromatic rings. The van der Waals surface area contributed by atoms with Crippen LogP contribution < -0.4 is 9.64 Å². The van der Waals surface area contributed by atoms with Gasteiger partial charge in [-0.25, -0.2) is 9.18 Å². The van der Waals surface area contributed by atoms with Crippen molar-refractivity contribution in [2.75, 3.05) is 37.5 Å². The number of amides is 1. The minimum absolute atomic E-state index is 0.0112. The van der Waals surface area contributed by atoms with Crippen molar-refractivity contribution in [1.29, 1.82) is 0 Å². The average Bonchev–Trinajstić information content (AvgIpc) is 3.55. The van der Waals surface area contributed by atoms with Gasteiger partial charge in [-0.3, -0.25) is 9.08 Å². The highest BCUT2D eigenvalue weighted by Crippen LogP contribution is 2.46. The Hall–Kier alpha value is -2.25. The van der Waals surface area contributed by atoms with Crippen LogP contribution in [0.15, 0.2) is 16.6 Å². The van der Waals surface area contributed by atoms with Crippen molar-refractivity contribution >= 4 is 48.9 Å². The highest BCUT2D eigenvalue weighted by atomic mass is 79.9. The summed E-state index contributed by atoms with van der Waals surface area (Å²) in [5, 5.41) is 0.546. The topological polar surface area (TPSA) is 111 Å². The molecule has 2 atom stereocenters. The summed E-state index contributed by atoms with van der Waals surface area (Å²) in [4.78, 5) is 25.8. The van der Waals surface area contributed by atoms with E-state index in [-0.39, 0.29) is 47.4 Å². The van der Waals surface area contributed by atoms with Crippen molar-refractivity contribution in [3.05, 3.63) is 22.4 Å². The molecule has 2 saturated heterocycles. The van der Waals surface area contributed by atoms with Crippen LogP contribution in [-0.2, 0) is 19.0 Å². The minimum Gasteiger partial charge on any atom is -0.463 e. The Kier molecular flexibility index (Phi) is 7.00. The molecule has 0 N–H and O–H groups in total. The number of fused-ring (bicyclic) bond motifs is 3. The van der Waals surface area contributed by atoms with Gasteiger partial charge in [0, 0.05) is 23.9 Å². The van der Waals surface area contributed by atoms with Crippen LogP contribution in [0.2, 0.25) is 0 Å². The van der Waals surface area contributed by atoms with Crippen LogP contribution in [0.5, 0.6) is 6.01 Å². The van der Waals surface area contributed by atoms with E-state index in [2.05, 4.69) is 30.8 Å². The summed E-state index contributed by atoms with van der Waals surface area (Å²) in [5.41, 5.74) is -0.896. The number of aromatic nitrogens is 2. The normalized spacial score (nSPS) is 22.6. The first-order chi connectivity index (χ1) is 17.7. The van der Waals surface area contributed by atoms with Crippen LogP contribution in [0.4, 0.5) is 15.0 Å². The lowest BCUT2D eigenvalue weighted by Crippen LogP contribution is -2.57. The molecule has 3 fully saturated rings. The number of carbonyl (C=O) groups excluding carboxylic acids is 1. The number of carbonyl (C=O) groups is 1. The molecule has 1 saturated carbocycles. The summed E-state index contributed by atoms with van der Waals surface area (Å²) in [6, 6.07) is 3.30. The van der Waals surface area contributed by atoms with Gasteiger partial charge in [0.1, 0.15) is 16.9 Å². The second kappa shape index (κ2) is 9.74. The molecule has 38 heavy (non-hydrogen) atoms. The van der Waals surface area contributed by atoms with Gasteiger partial charge in [-0.05, 0) is 74.5 Å². The number of benzene rings is 1. The maximum atomic E-state index is 15.2. The number of ether oxygens (including phenoxy) is 2. The largest absolute Gasteiger partial charge is 0.463 e. The standard InChI is InChI=1S/C25H32BrFN4O6S/c1-24(2,3)37-23(32)31-15-5-6-16(31)12-30(11-15)21-17-7-8-18(26)19(27)20(17)28-22(29-21)35-13-25(9-10-25)14-36-38(4,33)34/h7-8,15-16H,5-6,9-14H2,1-4H3. The van der Waals surface area contributed by atoms with Crippen LogP contribution in [0, 0.1) is 11.2 Å². The van der Waals surface area contributed by atoms with E-state index >= 15 is 4.39 Å². The lowest BCUT2D eigenvalue weighted by Gasteiger charge is -2.42. The van der Waals surface area contributed by atoms with E-state index in [0.717, 1.165) is 31.9 Å². The fourth-order valence-electron chi connectivity index (χ4n) is 5.05. The lowest BCUT2D eigenvalue weighted by atomic mass is 10.1. The van der Waals surface area contributed by atoms with Crippen LogP contribution in [0.25, 0.3) is 10.9 Å². The first-order valence-corrected chi connectivity index (χ1v) is 15.2. The van der Waals surface area contributed by atoms with Gasteiger partial charge in [0.2, 0.25) is 0 Å². The number of piperazine rings is 1. The van der Waals surface area contributed by atoms with E-state index in [4.69, 9.17) is 13.7 Å². The van der Waals surface area contributed by atoms with Gasteiger partial charge in [0.05, 0.1) is 36.0 Å². The Morgan fingerprint density at radius 3 is 2.39 bits per heavy atom. The Balaban J connectivity index is 1.41. The number of halogens is 2. The molecule has 1 amide bonds. The zero-order valence-electron chi connectivity index (χ0n) is 21.9. The fourth-order valence-corrected chi connectivity index (χ4v) is 5.84. The van der Waals surface area contributed by atoms with E-state index < -0.39 is 27.0 Å². The van der Waals surface area contributed by atoms with E-state index in [0.29, 0.717) is 24.3 Å². The molecule has 2 unspecified atom stereocenters. The fraction of sp³-hybridized carbons (Fsp3) is 0.640. The Morgan fingerprint density at radius 2 is 1.82 bits per heavy atom. The molecule has 3 heterocycles. The SMILES string of the molecule is CC(C)(C)OC(=O)N1C2CCC1CN(c1nc(OCC3(COS(C)(=O)=O)CC3)nc3c(F)c(Br)ccc13)C2. The zero-order chi connectivity index (χ0) is 27.5. The van der Waals surface area contributed by atoms with Crippen LogP contribution >= 0.6 is 15.9 Å². The molecule has 1 aromatic heterocycles. The molecule has 0 radical (unpaired) electrons. The summed E-state index contributed by atoms with van der Waals surface area (Å²) in [7, 11) is -3.57. The van der Waals surface area contributed by atoms with E-state index in [9.17, 15) is 13.2 Å². The summed E-state index contributed by atoms with van der Waals surface area (Å²) in [5.74, 6) is 0.0160. The maximum absolute atomic E-state index is 15.2. The number of hydrogen-bond donors (Lipinski definition) is 0. The first kappa shape index (κ1) is 27.3. The Bertz CT molecular complexity index is 1350. The van der Waals surface area contributed by atoms with Crippen molar-refractivity contribution < 1.29 is 31.3 Å². The highest BCUT2D eigenvalue weighted by Gasteiger charge is 2.46. The predicted octanol–water partition coefficient (Wildman–Crippen LogP) is 4.25. The molecule has 0 spiro atoms. The van der Waals surface area contributed by atoms with Crippen LogP contribution in [0.3, 0.4) is 0 Å². The smallest absolute Gasteiger partial charge is 0.410 e. The minimum atomic E-state index is -3.57. The molecule has 1 aliphatic carbocycles. The van der Waals surface area contributed by atoms with Gasteiger partial charge in [-0.1, -0.05) is 0 Å². The number of nitrogens with zero attached hydrogens (tertiary/aromatic N) is 4. The number of hydrogen-bond acceptors (Lipinski definition) is 9. The molecule has 3 aliphatic rings. The summed E-state index contributed by atoms with van der Waals surface area (Å²) >= 11 is 3.24. The molecule has 5 rings (SSSR count). The molecular formula is C25H32BrFN4O6S. The maximum Gasteiger partial charge on any atom is 0.410 e. The number of anilines is 1. The van der Waals surface area contributed by atoms with Gasteiger partial charge in [0.15, 0.2) is 5.82 Å². The second-order valence-corrected chi connectivity index (χ2v) is 14.0. The molecule has 208 valence electrons. The first-order valence-electron chi connectivity index (χ1n) is 12.6. The lowest BCUT2D eigenvalue weighted by molar-refractivity contribution is 0.0122. The van der Waals surface area contributed by atoms with Crippen LogP contribution in [0.1, 0.15) is 46.5 Å². The third-order valence-electron chi connectivity index (χ3n) is 7.15. The summed E-state index contributed by atoms with van der Waals surface area (Å²) in [6.45, 7) is 6.76. The van der Waals surface area contributed by atoms with Gasteiger partial charge < -0.3 is 14.4 Å². The van der Waals surface area contributed by atoms with E-state index in [1.807, 2.05) is 25.7 Å². The van der Waals surface area contributed by atoms with Crippen molar-refractivity contribution in [2.24, 2.45) is 5.41 Å². The van der Waals surface area contributed by atoms with E-state index in [1.54, 1.807) is 12.1 Å². The van der Waals surface area contributed by atoms with Crippen molar-refractivity contribution in [1.82, 2.24) is 14.9 Å². The molecule has 2 bridgehead atoms. The summed E-state index contributed by atoms with van der Waals surface area (Å²) < 4.78 is 54.9. The van der Waals surface area contributed by atoms with Gasteiger partial charge in [-0.15, -0.1) is 0 Å². The predicted molar refractivity (Wildman–Crippen MR) is 142 cm³/mol. The van der Waals surface area contributed by atoms with Crippen LogP contribution in [-0.4, -0.2) is 79.6 Å². The molecule has 1 aromatic carbocycles. The Morgan fingerprint density at radius 1 is 1.16 bits per heavy atom. The molecule has 13 heteroatoms. The monoisotopic (exact) mass is 614 g/mol. The van der Waals surface area contributed by atoms with Gasteiger partial charge >= 0.3 is 12.1 Å². The number of rotatable bonds is 7.